The van der Waals surface area contributed by atoms with Gasteiger partial charge in [0.15, 0.2) is 6.29 Å². The Morgan fingerprint density at radius 1 is 1.00 bits per heavy atom. The fourth-order valence-electron chi connectivity index (χ4n) is 2.03. The van der Waals surface area contributed by atoms with E-state index in [4.69, 9.17) is 36.9 Å². The maximum absolute atomic E-state index is 9.28. The van der Waals surface area contributed by atoms with E-state index in [1.54, 1.807) is 0 Å². The van der Waals surface area contributed by atoms with Gasteiger partial charge in [0, 0.05) is 6.54 Å². The molecule has 2 fully saturated rings. The molecule has 2 aliphatic heterocycles. The molecule has 0 aromatic heterocycles. The molecule has 9 nitrogen and oxygen atoms in total. The van der Waals surface area contributed by atoms with Gasteiger partial charge < -0.3 is 47.1 Å². The van der Waals surface area contributed by atoms with Gasteiger partial charge in [-0.1, -0.05) is 0 Å². The Balaban J connectivity index is 0.000000217. The molecule has 2 heterocycles. The zero-order chi connectivity index (χ0) is 15.3. The lowest BCUT2D eigenvalue weighted by Crippen LogP contribution is -2.62. The molecular weight excluding hydrogens is 270 g/mol. The third kappa shape index (κ3) is 4.58. The average Bonchev–Trinajstić information content (AvgIpc) is 2.87. The highest BCUT2D eigenvalue weighted by Crippen LogP contribution is 2.17. The highest BCUT2D eigenvalue weighted by atomic mass is 16.6. The van der Waals surface area contributed by atoms with Gasteiger partial charge in [0.1, 0.15) is 24.5 Å². The third-order valence-corrected chi connectivity index (χ3v) is 3.35. The summed E-state index contributed by atoms with van der Waals surface area (Å²) in [5.74, 6) is 0. The Kier molecular flexibility index (Phi) is 7.23. The van der Waals surface area contributed by atoms with Crippen LogP contribution >= 0.6 is 0 Å². The van der Waals surface area contributed by atoms with Crippen molar-refractivity contribution in [3.05, 3.63) is 0 Å². The van der Waals surface area contributed by atoms with Gasteiger partial charge in [-0.05, 0) is 12.8 Å². The minimum atomic E-state index is -1.27. The lowest BCUT2D eigenvalue weighted by Gasteiger charge is -2.38. The summed E-state index contributed by atoms with van der Waals surface area (Å²) in [6.07, 6.45) is -2.69. The number of hydrogen-bond donors (Lipinski definition) is 7. The normalized spacial score (nSPS) is 44.9. The third-order valence-electron chi connectivity index (χ3n) is 3.35. The number of ether oxygens (including phenoxy) is 2. The minimum absolute atomic E-state index is 0.00463. The quantitative estimate of drug-likeness (QED) is 0.268. The monoisotopic (exact) mass is 295 g/mol. The van der Waals surface area contributed by atoms with Crippen molar-refractivity contribution in [1.82, 2.24) is 0 Å². The van der Waals surface area contributed by atoms with Gasteiger partial charge in [0.05, 0.1) is 18.8 Å². The predicted molar refractivity (Wildman–Crippen MR) is 69.1 cm³/mol. The molecule has 0 radical (unpaired) electrons. The van der Waals surface area contributed by atoms with Crippen molar-refractivity contribution in [2.24, 2.45) is 17.2 Å². The Bertz CT molecular complexity index is 280. The van der Waals surface area contributed by atoms with Crippen LogP contribution in [-0.4, -0.2) is 76.6 Å². The van der Waals surface area contributed by atoms with Gasteiger partial charge in [-0.15, -0.1) is 0 Å². The van der Waals surface area contributed by atoms with Crippen LogP contribution in [0.3, 0.4) is 0 Å². The number of aliphatic hydroxyl groups is 4. The molecule has 7 atom stereocenters. The maximum Gasteiger partial charge on any atom is 0.172 e. The van der Waals surface area contributed by atoms with Crippen molar-refractivity contribution >= 4 is 0 Å². The largest absolute Gasteiger partial charge is 0.394 e. The lowest BCUT2D eigenvalue weighted by molar-refractivity contribution is -0.238. The van der Waals surface area contributed by atoms with Crippen molar-refractivity contribution in [2.75, 3.05) is 13.2 Å². The molecule has 3 unspecified atom stereocenters. The van der Waals surface area contributed by atoms with E-state index < -0.39 is 30.6 Å². The van der Waals surface area contributed by atoms with E-state index in [9.17, 15) is 10.2 Å². The van der Waals surface area contributed by atoms with Crippen LogP contribution in [0.1, 0.15) is 12.8 Å². The number of rotatable bonds is 2. The summed E-state index contributed by atoms with van der Waals surface area (Å²) >= 11 is 0. The molecule has 9 heteroatoms. The first-order valence-corrected chi connectivity index (χ1v) is 6.57. The molecule has 0 aromatic carbocycles. The summed E-state index contributed by atoms with van der Waals surface area (Å²) in [6.45, 7) is 0.135. The van der Waals surface area contributed by atoms with E-state index in [-0.39, 0.29) is 25.5 Å². The van der Waals surface area contributed by atoms with E-state index in [1.165, 1.54) is 0 Å². The first-order chi connectivity index (χ1) is 9.40. The molecule has 0 bridgehead atoms. The Morgan fingerprint density at radius 2 is 1.65 bits per heavy atom. The Morgan fingerprint density at radius 3 is 2.05 bits per heavy atom. The molecule has 10 N–H and O–H groups in total. The van der Waals surface area contributed by atoms with Gasteiger partial charge in [-0.25, -0.2) is 0 Å². The van der Waals surface area contributed by atoms with Gasteiger partial charge in [-0.2, -0.15) is 0 Å². The molecule has 2 rings (SSSR count). The SMILES string of the molecule is NC1CCC(CO)O1.NC[C@@H]1O[C@H](O)[C@H](N)C(O)[C@@H]1O. The van der Waals surface area contributed by atoms with Crippen molar-refractivity contribution in [3.63, 3.8) is 0 Å². The van der Waals surface area contributed by atoms with Crippen LogP contribution in [0.5, 0.6) is 0 Å². The molecule has 120 valence electrons. The smallest absolute Gasteiger partial charge is 0.172 e. The molecule has 0 amide bonds. The van der Waals surface area contributed by atoms with Crippen molar-refractivity contribution in [2.45, 2.75) is 55.8 Å². The molecular formula is C11H25N3O6. The standard InChI is InChI=1S/C6H14N2O4.C5H11NO2/c7-1-2-4(9)5(10)3(8)6(11)12-2;6-5-2-1-4(3-7)8-5/h2-6,9-11H,1,7-8H2;4-5,7H,1-3,6H2/t2-,3+,4+,5?,6-;/m0./s1. The Labute approximate surface area is 117 Å². The molecule has 0 aromatic rings. The second-order valence-corrected chi connectivity index (χ2v) is 4.92. The first-order valence-electron chi connectivity index (χ1n) is 6.57. The van der Waals surface area contributed by atoms with Crippen molar-refractivity contribution in [3.8, 4) is 0 Å². The van der Waals surface area contributed by atoms with E-state index in [2.05, 4.69) is 0 Å². The van der Waals surface area contributed by atoms with Gasteiger partial charge >= 0.3 is 0 Å². The molecule has 2 saturated heterocycles. The predicted octanol–water partition coefficient (Wildman–Crippen LogP) is -3.85. The lowest BCUT2D eigenvalue weighted by atomic mass is 9.98. The summed E-state index contributed by atoms with van der Waals surface area (Å²) in [5, 5.41) is 36.1. The van der Waals surface area contributed by atoms with Crippen LogP contribution in [-0.2, 0) is 9.47 Å². The number of aliphatic hydroxyl groups excluding tert-OH is 4. The van der Waals surface area contributed by atoms with Crippen molar-refractivity contribution in [1.29, 1.82) is 0 Å². The fourth-order valence-corrected chi connectivity index (χ4v) is 2.03. The molecule has 0 aliphatic carbocycles. The summed E-state index contributed by atoms with van der Waals surface area (Å²) in [5.41, 5.74) is 15.9. The summed E-state index contributed by atoms with van der Waals surface area (Å²) in [4.78, 5) is 0. The van der Waals surface area contributed by atoms with Crippen LogP contribution in [0.25, 0.3) is 0 Å². The number of hydrogen-bond acceptors (Lipinski definition) is 9. The minimum Gasteiger partial charge on any atom is -0.394 e. The van der Waals surface area contributed by atoms with E-state index in [1.807, 2.05) is 0 Å². The first kappa shape index (κ1) is 17.7. The molecule has 0 saturated carbocycles. The molecule has 2 aliphatic rings. The summed E-state index contributed by atoms with van der Waals surface area (Å²) in [7, 11) is 0. The summed E-state index contributed by atoms with van der Waals surface area (Å²) in [6, 6.07) is -0.984. The highest BCUT2D eigenvalue weighted by Gasteiger charge is 2.41. The van der Waals surface area contributed by atoms with Gasteiger partial charge in [0.2, 0.25) is 0 Å². The van der Waals surface area contributed by atoms with E-state index in [0.29, 0.717) is 0 Å². The topological polar surface area (TPSA) is 177 Å². The molecule has 20 heavy (non-hydrogen) atoms. The van der Waals surface area contributed by atoms with Gasteiger partial charge in [0.25, 0.3) is 0 Å². The number of nitrogens with two attached hydrogens (primary N) is 3. The second-order valence-electron chi connectivity index (χ2n) is 4.92. The van der Waals surface area contributed by atoms with Crippen molar-refractivity contribution < 1.29 is 29.9 Å². The second kappa shape index (κ2) is 8.17. The van der Waals surface area contributed by atoms with Crippen LogP contribution in [0.2, 0.25) is 0 Å². The fraction of sp³-hybridized carbons (Fsp3) is 1.00. The zero-order valence-electron chi connectivity index (χ0n) is 11.2. The zero-order valence-corrected chi connectivity index (χ0v) is 11.2. The van der Waals surface area contributed by atoms with Crippen LogP contribution < -0.4 is 17.2 Å². The molecule has 0 spiro atoms. The summed E-state index contributed by atoms with van der Waals surface area (Å²) < 4.78 is 9.86. The van der Waals surface area contributed by atoms with Crippen LogP contribution in [0.4, 0.5) is 0 Å². The van der Waals surface area contributed by atoms with Crippen LogP contribution in [0, 0.1) is 0 Å². The van der Waals surface area contributed by atoms with Gasteiger partial charge in [-0.3, -0.25) is 0 Å². The van der Waals surface area contributed by atoms with E-state index in [0.717, 1.165) is 12.8 Å². The van der Waals surface area contributed by atoms with E-state index >= 15 is 0 Å². The average molecular weight is 295 g/mol. The maximum atomic E-state index is 9.28. The Hall–Kier alpha value is -0.360. The van der Waals surface area contributed by atoms with Crippen LogP contribution in [0.15, 0.2) is 0 Å². The highest BCUT2D eigenvalue weighted by molar-refractivity contribution is 4.91.